The van der Waals surface area contributed by atoms with Crippen LogP contribution in [0, 0.1) is 10.1 Å². The second-order valence-electron chi connectivity index (χ2n) is 4.16. The third kappa shape index (κ3) is 3.19. The fourth-order valence-electron chi connectivity index (χ4n) is 1.90. The van der Waals surface area contributed by atoms with Crippen LogP contribution >= 0.6 is 34.5 Å². The predicted octanol–water partition coefficient (Wildman–Crippen LogP) is 2.75. The molecule has 1 N–H and O–H groups in total. The summed E-state index contributed by atoms with van der Waals surface area (Å²) in [5.41, 5.74) is -0.402. The molecule has 0 saturated heterocycles. The van der Waals surface area contributed by atoms with Gasteiger partial charge >= 0.3 is 0 Å². The number of sulfonamides is 1. The van der Waals surface area contributed by atoms with E-state index in [0.717, 1.165) is 18.9 Å². The monoisotopic (exact) mass is 344 g/mol. The first kappa shape index (κ1) is 15.0. The summed E-state index contributed by atoms with van der Waals surface area (Å²) in [5.74, 6) is 0. The minimum atomic E-state index is -3.82. The standard InChI is InChI=1S/C9H10Cl2N2O4S2/c10-5-2-1-3-6(5)12-19(16,17)8-4-7(13(14)15)9(11)18-8/h4-6,12H,1-3H2. The molecule has 1 aliphatic carbocycles. The van der Waals surface area contributed by atoms with E-state index >= 15 is 0 Å². The summed E-state index contributed by atoms with van der Waals surface area (Å²) < 4.78 is 26.3. The highest BCUT2D eigenvalue weighted by Gasteiger charge is 2.32. The van der Waals surface area contributed by atoms with Crippen molar-refractivity contribution in [3.05, 3.63) is 20.5 Å². The molecule has 1 aromatic heterocycles. The Kier molecular flexibility index (Phi) is 4.36. The fraction of sp³-hybridized carbons (Fsp3) is 0.556. The van der Waals surface area contributed by atoms with Gasteiger partial charge in [0.15, 0.2) is 4.34 Å². The van der Waals surface area contributed by atoms with Gasteiger partial charge in [-0.15, -0.1) is 22.9 Å². The fourth-order valence-corrected chi connectivity index (χ4v) is 5.31. The lowest BCUT2D eigenvalue weighted by molar-refractivity contribution is -0.384. The maximum absolute atomic E-state index is 12.1. The van der Waals surface area contributed by atoms with Crippen LogP contribution in [0.5, 0.6) is 0 Å². The molecule has 1 saturated carbocycles. The molecule has 0 aliphatic heterocycles. The average molecular weight is 345 g/mol. The highest BCUT2D eigenvalue weighted by Crippen LogP contribution is 2.36. The minimum absolute atomic E-state index is 0.153. The van der Waals surface area contributed by atoms with Crippen molar-refractivity contribution in [3.8, 4) is 0 Å². The SMILES string of the molecule is O=[N+]([O-])c1cc(S(=O)(=O)NC2CCCC2Cl)sc1Cl. The highest BCUT2D eigenvalue weighted by molar-refractivity contribution is 7.91. The molecule has 0 spiro atoms. The molecule has 1 aromatic rings. The molecule has 0 radical (unpaired) electrons. The molecule has 106 valence electrons. The van der Waals surface area contributed by atoms with Gasteiger partial charge in [-0.2, -0.15) is 0 Å². The van der Waals surface area contributed by atoms with Crippen molar-refractivity contribution in [2.45, 2.75) is 34.9 Å². The molecule has 0 amide bonds. The van der Waals surface area contributed by atoms with Gasteiger partial charge in [0, 0.05) is 17.5 Å². The van der Waals surface area contributed by atoms with Crippen LogP contribution in [0.3, 0.4) is 0 Å². The van der Waals surface area contributed by atoms with Gasteiger partial charge in [-0.25, -0.2) is 13.1 Å². The normalized spacial score (nSPS) is 23.7. The van der Waals surface area contributed by atoms with E-state index in [9.17, 15) is 18.5 Å². The Morgan fingerprint density at radius 2 is 2.16 bits per heavy atom. The van der Waals surface area contributed by atoms with Gasteiger partial charge in [0.25, 0.3) is 15.7 Å². The van der Waals surface area contributed by atoms with Crippen molar-refractivity contribution in [1.29, 1.82) is 0 Å². The maximum atomic E-state index is 12.1. The Hall–Kier alpha value is -0.410. The molecule has 10 heteroatoms. The van der Waals surface area contributed by atoms with Gasteiger partial charge in [0.2, 0.25) is 0 Å². The molecule has 0 bridgehead atoms. The van der Waals surface area contributed by atoms with E-state index in [-0.39, 0.29) is 20.0 Å². The summed E-state index contributed by atoms with van der Waals surface area (Å²) in [5, 5.41) is 10.4. The van der Waals surface area contributed by atoms with Gasteiger partial charge in [0.05, 0.1) is 4.92 Å². The molecule has 2 atom stereocenters. The number of alkyl halides is 1. The zero-order chi connectivity index (χ0) is 14.2. The highest BCUT2D eigenvalue weighted by atomic mass is 35.5. The molecular formula is C9H10Cl2N2O4S2. The van der Waals surface area contributed by atoms with Gasteiger partial charge in [-0.05, 0) is 12.8 Å². The summed E-state index contributed by atoms with van der Waals surface area (Å²) in [6, 6.07) is 0.625. The molecular weight excluding hydrogens is 335 g/mol. The van der Waals surface area contributed by atoms with Crippen LogP contribution < -0.4 is 4.72 Å². The lowest BCUT2D eigenvalue weighted by Crippen LogP contribution is -2.37. The Morgan fingerprint density at radius 1 is 1.47 bits per heavy atom. The van der Waals surface area contributed by atoms with Crippen molar-refractivity contribution in [2.75, 3.05) is 0 Å². The average Bonchev–Trinajstić information content (AvgIpc) is 2.86. The zero-order valence-corrected chi connectivity index (χ0v) is 12.7. The number of halogens is 2. The number of nitrogens with one attached hydrogen (secondary N) is 1. The molecule has 6 nitrogen and oxygen atoms in total. The third-order valence-corrected chi connectivity index (χ3v) is 6.67. The second kappa shape index (κ2) is 5.53. The van der Waals surface area contributed by atoms with E-state index in [2.05, 4.69) is 4.72 Å². The number of hydrogen-bond acceptors (Lipinski definition) is 5. The Morgan fingerprint density at radius 3 is 2.63 bits per heavy atom. The maximum Gasteiger partial charge on any atom is 0.300 e. The van der Waals surface area contributed by atoms with Crippen LogP contribution in [0.1, 0.15) is 19.3 Å². The third-order valence-electron chi connectivity index (χ3n) is 2.85. The van der Waals surface area contributed by atoms with Crippen LogP contribution in [0.15, 0.2) is 10.3 Å². The number of nitrogens with zero attached hydrogens (tertiary/aromatic N) is 1. The van der Waals surface area contributed by atoms with E-state index in [1.165, 1.54) is 0 Å². The lowest BCUT2D eigenvalue weighted by Gasteiger charge is -2.14. The van der Waals surface area contributed by atoms with Crippen LogP contribution in [0.25, 0.3) is 0 Å². The van der Waals surface area contributed by atoms with Crippen molar-refractivity contribution >= 4 is 50.2 Å². The summed E-state index contributed by atoms with van der Waals surface area (Å²) >= 11 is 12.3. The van der Waals surface area contributed by atoms with E-state index in [0.29, 0.717) is 17.8 Å². The number of nitro groups is 1. The van der Waals surface area contributed by atoms with Gasteiger partial charge in [0.1, 0.15) is 4.21 Å². The van der Waals surface area contributed by atoms with Crippen molar-refractivity contribution in [3.63, 3.8) is 0 Å². The van der Waals surface area contributed by atoms with Crippen LogP contribution in [-0.4, -0.2) is 24.8 Å². The molecule has 19 heavy (non-hydrogen) atoms. The second-order valence-corrected chi connectivity index (χ2v) is 8.31. The first-order valence-corrected chi connectivity index (χ1v) is 8.53. The molecule has 1 heterocycles. The Labute approximate surface area is 123 Å². The topological polar surface area (TPSA) is 89.3 Å². The van der Waals surface area contributed by atoms with E-state index in [1.807, 2.05) is 0 Å². The van der Waals surface area contributed by atoms with Crippen molar-refractivity contribution in [1.82, 2.24) is 4.72 Å². The van der Waals surface area contributed by atoms with Crippen molar-refractivity contribution in [2.24, 2.45) is 0 Å². The molecule has 2 rings (SSSR count). The first-order chi connectivity index (χ1) is 8.81. The summed E-state index contributed by atoms with van der Waals surface area (Å²) in [6.07, 6.45) is 2.27. The zero-order valence-electron chi connectivity index (χ0n) is 9.51. The van der Waals surface area contributed by atoms with Crippen LogP contribution in [0.4, 0.5) is 5.69 Å². The molecule has 1 aliphatic rings. The predicted molar refractivity (Wildman–Crippen MR) is 73.6 cm³/mol. The van der Waals surface area contributed by atoms with Crippen molar-refractivity contribution < 1.29 is 13.3 Å². The van der Waals surface area contributed by atoms with Gasteiger partial charge < -0.3 is 0 Å². The smallest absolute Gasteiger partial charge is 0.258 e. The van der Waals surface area contributed by atoms with Crippen LogP contribution in [-0.2, 0) is 10.0 Å². The number of rotatable bonds is 4. The summed E-state index contributed by atoms with van der Waals surface area (Å²) in [6.45, 7) is 0. The Bertz CT molecular complexity index is 601. The number of thiophene rings is 1. The van der Waals surface area contributed by atoms with E-state index < -0.39 is 20.6 Å². The summed E-state index contributed by atoms with van der Waals surface area (Å²) in [7, 11) is -3.82. The first-order valence-electron chi connectivity index (χ1n) is 5.41. The largest absolute Gasteiger partial charge is 0.300 e. The van der Waals surface area contributed by atoms with Crippen LogP contribution in [0.2, 0.25) is 4.34 Å². The van der Waals surface area contributed by atoms with E-state index in [4.69, 9.17) is 23.2 Å². The molecule has 2 unspecified atom stereocenters. The Balaban J connectivity index is 2.24. The quantitative estimate of drug-likeness (QED) is 0.516. The summed E-state index contributed by atoms with van der Waals surface area (Å²) in [4.78, 5) is 9.94. The molecule has 0 aromatic carbocycles. The minimum Gasteiger partial charge on any atom is -0.258 e. The number of hydrogen-bond donors (Lipinski definition) is 1. The lowest BCUT2D eigenvalue weighted by atomic mass is 10.3. The van der Waals surface area contributed by atoms with E-state index in [1.54, 1.807) is 0 Å². The van der Waals surface area contributed by atoms with Gasteiger partial charge in [-0.3, -0.25) is 10.1 Å². The van der Waals surface area contributed by atoms with Gasteiger partial charge in [-0.1, -0.05) is 18.0 Å². The molecule has 1 fully saturated rings.